The zero-order valence-corrected chi connectivity index (χ0v) is 36.9. The van der Waals surface area contributed by atoms with Gasteiger partial charge in [0.25, 0.3) is 0 Å². The Balaban J connectivity index is 4.34. The first-order chi connectivity index (χ1) is 26.0. The van der Waals surface area contributed by atoms with Gasteiger partial charge in [0.05, 0.1) is 27.7 Å². The van der Waals surface area contributed by atoms with E-state index in [0.717, 1.165) is 51.4 Å². The van der Waals surface area contributed by atoms with Crippen molar-refractivity contribution < 1.29 is 42.1 Å². The third kappa shape index (κ3) is 40.4. The standard InChI is InChI=1S/C44H86NO8P/c1-6-8-10-12-14-16-18-20-22-24-26-28-30-32-34-36-43(46)50-40-42(41-52-54(48,49)51-39-38-45(3,4)5)53-44(47)37-35-33-31-29-27-25-23-21-19-17-15-13-11-9-7-2/h20,22,42H,6-19,21,23-41H2,1-5H3/p+1/b22-20-. The van der Waals surface area contributed by atoms with Gasteiger partial charge < -0.3 is 18.9 Å². The molecule has 0 aromatic heterocycles. The molecule has 54 heavy (non-hydrogen) atoms. The van der Waals surface area contributed by atoms with Crippen molar-refractivity contribution >= 4 is 19.8 Å². The van der Waals surface area contributed by atoms with Crippen molar-refractivity contribution in [3.05, 3.63) is 12.2 Å². The summed E-state index contributed by atoms with van der Waals surface area (Å²) in [5.74, 6) is -0.798. The lowest BCUT2D eigenvalue weighted by Gasteiger charge is -2.24. The number of quaternary nitrogens is 1. The number of unbranched alkanes of at least 4 members (excludes halogenated alkanes) is 25. The SMILES string of the molecule is CCCCCCCC/C=C\CCCCCCCC(=O)OCC(COP(=O)(O)OCC[N+](C)(C)C)OC(=O)CCCCCCCCCCCCCCCCC. The van der Waals surface area contributed by atoms with Crippen molar-refractivity contribution in [1.29, 1.82) is 0 Å². The number of hydrogen-bond acceptors (Lipinski definition) is 7. The van der Waals surface area contributed by atoms with Crippen LogP contribution >= 0.6 is 7.82 Å². The normalized spacial score (nSPS) is 13.7. The molecular formula is C44H87NO8P+. The summed E-state index contributed by atoms with van der Waals surface area (Å²) in [7, 11) is 1.48. The van der Waals surface area contributed by atoms with Crippen molar-refractivity contribution in [3.8, 4) is 0 Å². The molecule has 0 spiro atoms. The van der Waals surface area contributed by atoms with Crippen LogP contribution in [0, 0.1) is 0 Å². The number of esters is 2. The predicted molar refractivity (Wildman–Crippen MR) is 224 cm³/mol. The summed E-state index contributed by atoms with van der Waals surface area (Å²) < 4.78 is 34.3. The van der Waals surface area contributed by atoms with E-state index >= 15 is 0 Å². The summed E-state index contributed by atoms with van der Waals surface area (Å²) >= 11 is 0. The molecule has 0 heterocycles. The minimum Gasteiger partial charge on any atom is -0.462 e. The number of nitrogens with zero attached hydrogens (tertiary/aromatic N) is 1. The topological polar surface area (TPSA) is 108 Å². The summed E-state index contributed by atoms with van der Waals surface area (Å²) in [6.45, 7) is 4.43. The highest BCUT2D eigenvalue weighted by Crippen LogP contribution is 2.43. The van der Waals surface area contributed by atoms with E-state index in [2.05, 4.69) is 26.0 Å². The molecule has 0 saturated carbocycles. The van der Waals surface area contributed by atoms with Crippen LogP contribution in [0.3, 0.4) is 0 Å². The zero-order chi connectivity index (χ0) is 40.0. The molecule has 9 nitrogen and oxygen atoms in total. The van der Waals surface area contributed by atoms with Gasteiger partial charge in [-0.15, -0.1) is 0 Å². The van der Waals surface area contributed by atoms with Crippen LogP contribution < -0.4 is 0 Å². The van der Waals surface area contributed by atoms with Crippen molar-refractivity contribution in [2.45, 2.75) is 213 Å². The maximum absolute atomic E-state index is 12.7. The average molecular weight is 789 g/mol. The molecule has 0 aromatic carbocycles. The number of carbonyl (C=O) groups is 2. The van der Waals surface area contributed by atoms with E-state index in [0.29, 0.717) is 17.4 Å². The fourth-order valence-corrected chi connectivity index (χ4v) is 6.99. The van der Waals surface area contributed by atoms with Gasteiger partial charge in [-0.05, 0) is 38.5 Å². The lowest BCUT2D eigenvalue weighted by Crippen LogP contribution is -2.37. The van der Waals surface area contributed by atoms with Crippen molar-refractivity contribution in [3.63, 3.8) is 0 Å². The van der Waals surface area contributed by atoms with Crippen molar-refractivity contribution in [2.24, 2.45) is 0 Å². The molecule has 0 aliphatic heterocycles. The van der Waals surface area contributed by atoms with Gasteiger partial charge in [-0.3, -0.25) is 18.6 Å². The summed E-state index contributed by atoms with van der Waals surface area (Å²) in [5.41, 5.74) is 0. The fraction of sp³-hybridized carbons (Fsp3) is 0.909. The summed E-state index contributed by atoms with van der Waals surface area (Å²) in [6.07, 6.45) is 38.2. The van der Waals surface area contributed by atoms with Crippen LogP contribution in [-0.2, 0) is 32.7 Å². The molecule has 0 rings (SSSR count). The van der Waals surface area contributed by atoms with Crippen LogP contribution in [0.25, 0.3) is 0 Å². The first-order valence-corrected chi connectivity index (χ1v) is 23.9. The Morgan fingerprint density at radius 1 is 0.556 bits per heavy atom. The number of phosphoric acid groups is 1. The van der Waals surface area contributed by atoms with Crippen LogP contribution in [0.1, 0.15) is 206 Å². The molecule has 0 aliphatic rings. The number of allylic oxidation sites excluding steroid dienone is 2. The Bertz CT molecular complexity index is 938. The third-order valence-corrected chi connectivity index (χ3v) is 10.8. The van der Waals surface area contributed by atoms with E-state index in [9.17, 15) is 19.0 Å². The van der Waals surface area contributed by atoms with E-state index in [4.69, 9.17) is 18.5 Å². The van der Waals surface area contributed by atoms with Crippen molar-refractivity contribution in [1.82, 2.24) is 0 Å². The second kappa shape index (κ2) is 37.3. The van der Waals surface area contributed by atoms with Gasteiger partial charge in [0.15, 0.2) is 6.10 Å². The maximum atomic E-state index is 12.7. The minimum absolute atomic E-state index is 0.0336. The number of carbonyl (C=O) groups excluding carboxylic acids is 2. The lowest BCUT2D eigenvalue weighted by atomic mass is 10.0. The maximum Gasteiger partial charge on any atom is 0.472 e. The summed E-state index contributed by atoms with van der Waals surface area (Å²) in [4.78, 5) is 35.3. The van der Waals surface area contributed by atoms with Crippen LogP contribution in [0.15, 0.2) is 12.2 Å². The van der Waals surface area contributed by atoms with Gasteiger partial charge >= 0.3 is 19.8 Å². The van der Waals surface area contributed by atoms with Crippen LogP contribution in [0.2, 0.25) is 0 Å². The molecule has 320 valence electrons. The molecule has 1 N–H and O–H groups in total. The first-order valence-electron chi connectivity index (χ1n) is 22.4. The summed E-state index contributed by atoms with van der Waals surface area (Å²) in [6, 6.07) is 0. The lowest BCUT2D eigenvalue weighted by molar-refractivity contribution is -0.870. The number of ether oxygens (including phenoxy) is 2. The molecule has 0 fully saturated rings. The van der Waals surface area contributed by atoms with Gasteiger partial charge in [0.2, 0.25) is 0 Å². The Labute approximate surface area is 333 Å². The Morgan fingerprint density at radius 3 is 1.37 bits per heavy atom. The minimum atomic E-state index is -4.37. The molecule has 0 radical (unpaired) electrons. The highest BCUT2D eigenvalue weighted by molar-refractivity contribution is 7.47. The van der Waals surface area contributed by atoms with E-state index in [-0.39, 0.29) is 32.0 Å². The van der Waals surface area contributed by atoms with Crippen LogP contribution in [0.4, 0.5) is 0 Å². The molecular weight excluding hydrogens is 701 g/mol. The molecule has 2 unspecified atom stereocenters. The van der Waals surface area contributed by atoms with Crippen molar-refractivity contribution in [2.75, 3.05) is 47.5 Å². The number of likely N-dealkylation sites (N-methyl/N-ethyl adjacent to an activating group) is 1. The zero-order valence-electron chi connectivity index (χ0n) is 36.0. The highest BCUT2D eigenvalue weighted by Gasteiger charge is 2.27. The van der Waals surface area contributed by atoms with Gasteiger partial charge in [0.1, 0.15) is 19.8 Å². The predicted octanol–water partition coefficient (Wildman–Crippen LogP) is 12.6. The monoisotopic (exact) mass is 789 g/mol. The van der Waals surface area contributed by atoms with Gasteiger partial charge in [-0.2, -0.15) is 0 Å². The third-order valence-electron chi connectivity index (χ3n) is 9.80. The number of rotatable bonds is 41. The van der Waals surface area contributed by atoms with E-state index in [1.54, 1.807) is 0 Å². The Morgan fingerprint density at radius 2 is 0.944 bits per heavy atom. The first kappa shape index (κ1) is 52.8. The second-order valence-electron chi connectivity index (χ2n) is 16.4. The molecule has 0 amide bonds. The molecule has 0 saturated heterocycles. The summed E-state index contributed by atoms with van der Waals surface area (Å²) in [5, 5.41) is 0. The van der Waals surface area contributed by atoms with Crippen LogP contribution in [0.5, 0.6) is 0 Å². The van der Waals surface area contributed by atoms with Gasteiger partial charge in [0, 0.05) is 12.8 Å². The van der Waals surface area contributed by atoms with E-state index in [1.165, 1.54) is 122 Å². The number of hydrogen-bond donors (Lipinski definition) is 1. The molecule has 2 atom stereocenters. The van der Waals surface area contributed by atoms with E-state index in [1.807, 2.05) is 21.1 Å². The average Bonchev–Trinajstić information content (AvgIpc) is 3.12. The molecule has 10 heteroatoms. The molecule has 0 aromatic rings. The van der Waals surface area contributed by atoms with Gasteiger partial charge in [-0.1, -0.05) is 167 Å². The quantitative estimate of drug-likeness (QED) is 0.0214. The Hall–Kier alpha value is -1.25. The van der Waals surface area contributed by atoms with Gasteiger partial charge in [-0.25, -0.2) is 4.57 Å². The fourth-order valence-electron chi connectivity index (χ4n) is 6.24. The number of phosphoric ester groups is 1. The second-order valence-corrected chi connectivity index (χ2v) is 17.9. The largest absolute Gasteiger partial charge is 0.472 e. The van der Waals surface area contributed by atoms with E-state index < -0.39 is 26.5 Å². The Kier molecular flexibility index (Phi) is 36.5. The molecule has 0 bridgehead atoms. The molecule has 0 aliphatic carbocycles. The smallest absolute Gasteiger partial charge is 0.462 e. The van der Waals surface area contributed by atoms with Crippen LogP contribution in [-0.4, -0.2) is 74.9 Å². The highest BCUT2D eigenvalue weighted by atomic mass is 31.2.